The van der Waals surface area contributed by atoms with E-state index in [2.05, 4.69) is 33.1 Å². The van der Waals surface area contributed by atoms with E-state index in [0.717, 1.165) is 13.2 Å². The molecule has 3 nitrogen and oxygen atoms in total. The molecule has 1 unspecified atom stereocenters. The summed E-state index contributed by atoms with van der Waals surface area (Å²) in [6.45, 7) is 9.82. The smallest absolute Gasteiger partial charge is 0.0598 e. The summed E-state index contributed by atoms with van der Waals surface area (Å²) in [6, 6.07) is 0. The second-order valence-corrected chi connectivity index (χ2v) is 3.94. The SMILES string of the molecule is CC(CNN)COC(C)(C)C. The first kappa shape index (κ1) is 10.9. The van der Waals surface area contributed by atoms with Crippen molar-refractivity contribution in [2.24, 2.45) is 11.8 Å². The van der Waals surface area contributed by atoms with Gasteiger partial charge >= 0.3 is 0 Å². The summed E-state index contributed by atoms with van der Waals surface area (Å²) < 4.78 is 5.55. The Morgan fingerprint density at radius 3 is 2.36 bits per heavy atom. The van der Waals surface area contributed by atoms with Crippen LogP contribution < -0.4 is 11.3 Å². The third-order valence-corrected chi connectivity index (χ3v) is 1.27. The molecule has 1 atom stereocenters. The van der Waals surface area contributed by atoms with Gasteiger partial charge in [-0.05, 0) is 26.7 Å². The average molecular weight is 160 g/mol. The molecule has 0 aliphatic carbocycles. The van der Waals surface area contributed by atoms with Gasteiger partial charge in [0.15, 0.2) is 0 Å². The molecular formula is C8H20N2O. The predicted molar refractivity (Wildman–Crippen MR) is 47.1 cm³/mol. The number of hydrogen-bond donors (Lipinski definition) is 2. The van der Waals surface area contributed by atoms with Crippen molar-refractivity contribution in [2.45, 2.75) is 33.3 Å². The van der Waals surface area contributed by atoms with Crippen LogP contribution in [0.5, 0.6) is 0 Å². The fourth-order valence-corrected chi connectivity index (χ4v) is 0.652. The lowest BCUT2D eigenvalue weighted by Crippen LogP contribution is -2.32. The highest BCUT2D eigenvalue weighted by Gasteiger charge is 2.11. The Morgan fingerprint density at radius 2 is 2.00 bits per heavy atom. The highest BCUT2D eigenvalue weighted by molar-refractivity contribution is 4.61. The van der Waals surface area contributed by atoms with Crippen molar-refractivity contribution >= 4 is 0 Å². The summed E-state index contributed by atoms with van der Waals surface area (Å²) in [5.41, 5.74) is 2.58. The lowest BCUT2D eigenvalue weighted by Gasteiger charge is -2.22. The minimum atomic E-state index is -0.0388. The first-order chi connectivity index (χ1) is 4.95. The zero-order valence-electron chi connectivity index (χ0n) is 7.98. The van der Waals surface area contributed by atoms with Crippen molar-refractivity contribution < 1.29 is 4.74 Å². The monoisotopic (exact) mass is 160 g/mol. The van der Waals surface area contributed by atoms with Crippen molar-refractivity contribution in [1.82, 2.24) is 5.43 Å². The van der Waals surface area contributed by atoms with Gasteiger partial charge in [0.1, 0.15) is 0 Å². The maximum Gasteiger partial charge on any atom is 0.0598 e. The molecule has 0 rings (SSSR count). The van der Waals surface area contributed by atoms with Crippen LogP contribution in [0, 0.1) is 5.92 Å². The van der Waals surface area contributed by atoms with Gasteiger partial charge in [0.2, 0.25) is 0 Å². The third kappa shape index (κ3) is 7.78. The first-order valence-corrected chi connectivity index (χ1v) is 4.03. The minimum absolute atomic E-state index is 0.0388. The molecule has 0 aliphatic heterocycles. The van der Waals surface area contributed by atoms with Crippen molar-refractivity contribution in [3.05, 3.63) is 0 Å². The van der Waals surface area contributed by atoms with E-state index in [4.69, 9.17) is 10.6 Å². The molecule has 3 N–H and O–H groups in total. The summed E-state index contributed by atoms with van der Waals surface area (Å²) in [6.07, 6.45) is 0. The van der Waals surface area contributed by atoms with Crippen LogP contribution in [0.25, 0.3) is 0 Å². The number of hydrogen-bond acceptors (Lipinski definition) is 3. The van der Waals surface area contributed by atoms with Crippen LogP contribution in [-0.4, -0.2) is 18.8 Å². The molecule has 0 fully saturated rings. The molecule has 11 heavy (non-hydrogen) atoms. The van der Waals surface area contributed by atoms with Gasteiger partial charge < -0.3 is 4.74 Å². The Kier molecular flexibility index (Phi) is 4.65. The molecule has 0 saturated carbocycles. The number of rotatable bonds is 4. The quantitative estimate of drug-likeness (QED) is 0.474. The number of hydrazine groups is 1. The van der Waals surface area contributed by atoms with E-state index in [1.807, 2.05) is 0 Å². The zero-order valence-corrected chi connectivity index (χ0v) is 7.98. The van der Waals surface area contributed by atoms with Gasteiger partial charge in [-0.1, -0.05) is 6.92 Å². The van der Waals surface area contributed by atoms with E-state index in [1.165, 1.54) is 0 Å². The summed E-state index contributed by atoms with van der Waals surface area (Å²) in [4.78, 5) is 0. The summed E-state index contributed by atoms with van der Waals surface area (Å²) in [5.74, 6) is 5.63. The van der Waals surface area contributed by atoms with Crippen molar-refractivity contribution in [1.29, 1.82) is 0 Å². The topological polar surface area (TPSA) is 47.3 Å². The van der Waals surface area contributed by atoms with Gasteiger partial charge in [-0.25, -0.2) is 0 Å². The molecule has 0 aromatic carbocycles. The van der Waals surface area contributed by atoms with Gasteiger partial charge in [0, 0.05) is 6.54 Å². The van der Waals surface area contributed by atoms with E-state index in [9.17, 15) is 0 Å². The Bertz CT molecular complexity index is 98.8. The highest BCUT2D eigenvalue weighted by atomic mass is 16.5. The maximum absolute atomic E-state index is 5.55. The van der Waals surface area contributed by atoms with E-state index < -0.39 is 0 Å². The lowest BCUT2D eigenvalue weighted by atomic mass is 10.1. The molecule has 0 radical (unpaired) electrons. The van der Waals surface area contributed by atoms with E-state index in [-0.39, 0.29) is 5.60 Å². The standard InChI is InChI=1S/C8H20N2O/c1-7(5-10-9)6-11-8(2,3)4/h7,10H,5-6,9H2,1-4H3. The Morgan fingerprint density at radius 1 is 1.45 bits per heavy atom. The fourth-order valence-electron chi connectivity index (χ4n) is 0.652. The minimum Gasteiger partial charge on any atom is -0.376 e. The van der Waals surface area contributed by atoms with Crippen molar-refractivity contribution in [2.75, 3.05) is 13.2 Å². The van der Waals surface area contributed by atoms with Crippen LogP contribution in [0.3, 0.4) is 0 Å². The second-order valence-electron chi connectivity index (χ2n) is 3.94. The van der Waals surface area contributed by atoms with Gasteiger partial charge in [0.25, 0.3) is 0 Å². The molecule has 0 spiro atoms. The number of nitrogens with two attached hydrogens (primary N) is 1. The van der Waals surface area contributed by atoms with Gasteiger partial charge in [0.05, 0.1) is 12.2 Å². The van der Waals surface area contributed by atoms with Gasteiger partial charge in [-0.2, -0.15) is 0 Å². The highest BCUT2D eigenvalue weighted by Crippen LogP contribution is 2.08. The molecule has 0 heterocycles. The Balaban J connectivity index is 3.38. The largest absolute Gasteiger partial charge is 0.376 e. The molecule has 0 aromatic rings. The number of nitrogens with one attached hydrogen (secondary N) is 1. The van der Waals surface area contributed by atoms with Gasteiger partial charge in [-0.3, -0.25) is 11.3 Å². The molecule has 0 aliphatic rings. The van der Waals surface area contributed by atoms with Crippen molar-refractivity contribution in [3.8, 4) is 0 Å². The Labute approximate surface area is 69.3 Å². The van der Waals surface area contributed by atoms with Crippen molar-refractivity contribution in [3.63, 3.8) is 0 Å². The summed E-state index contributed by atoms with van der Waals surface area (Å²) in [7, 11) is 0. The first-order valence-electron chi connectivity index (χ1n) is 4.03. The van der Waals surface area contributed by atoms with E-state index in [1.54, 1.807) is 0 Å². The maximum atomic E-state index is 5.55. The normalized spacial score (nSPS) is 15.0. The summed E-state index contributed by atoms with van der Waals surface area (Å²) in [5, 5.41) is 0. The van der Waals surface area contributed by atoms with Crippen LogP contribution in [0.15, 0.2) is 0 Å². The second kappa shape index (κ2) is 4.70. The molecule has 0 amide bonds. The molecule has 3 heteroatoms. The van der Waals surface area contributed by atoms with Crippen LogP contribution in [0.2, 0.25) is 0 Å². The van der Waals surface area contributed by atoms with Crippen LogP contribution in [-0.2, 0) is 4.74 Å². The van der Waals surface area contributed by atoms with Crippen LogP contribution in [0.4, 0.5) is 0 Å². The zero-order chi connectivity index (χ0) is 8.91. The number of ether oxygens (including phenoxy) is 1. The van der Waals surface area contributed by atoms with Gasteiger partial charge in [-0.15, -0.1) is 0 Å². The van der Waals surface area contributed by atoms with Crippen LogP contribution in [0.1, 0.15) is 27.7 Å². The lowest BCUT2D eigenvalue weighted by molar-refractivity contribution is -0.0191. The molecule has 68 valence electrons. The average Bonchev–Trinajstić information content (AvgIpc) is 1.83. The molecule has 0 saturated heterocycles. The van der Waals surface area contributed by atoms with E-state index >= 15 is 0 Å². The molecule has 0 aromatic heterocycles. The predicted octanol–water partition coefficient (Wildman–Crippen LogP) is 0.901. The summed E-state index contributed by atoms with van der Waals surface area (Å²) >= 11 is 0. The molecular weight excluding hydrogens is 140 g/mol. The fraction of sp³-hybridized carbons (Fsp3) is 1.00. The third-order valence-electron chi connectivity index (χ3n) is 1.27. The Hall–Kier alpha value is -0.120. The van der Waals surface area contributed by atoms with E-state index in [0.29, 0.717) is 5.92 Å². The molecule has 0 bridgehead atoms. The van der Waals surface area contributed by atoms with Crippen LogP contribution >= 0.6 is 0 Å².